The molecule has 2 amide bonds. The average Bonchev–Trinajstić information content (AvgIpc) is 2.72. The van der Waals surface area contributed by atoms with E-state index in [1.54, 1.807) is 29.2 Å². The predicted octanol–water partition coefficient (Wildman–Crippen LogP) is 4.30. The van der Waals surface area contributed by atoms with Gasteiger partial charge >= 0.3 is 0 Å². The quantitative estimate of drug-likeness (QED) is 0.695. The summed E-state index contributed by atoms with van der Waals surface area (Å²) in [4.78, 5) is 26.8. The first kappa shape index (κ1) is 18.7. The SMILES string of the molecule is O=C(NCC(=O)N(Cc1ccccc1)c1ccccc1)c1ccccc1Cl. The van der Waals surface area contributed by atoms with Gasteiger partial charge in [-0.25, -0.2) is 0 Å². The molecule has 0 heterocycles. The van der Waals surface area contributed by atoms with Crippen LogP contribution in [0.3, 0.4) is 0 Å². The zero-order valence-corrected chi connectivity index (χ0v) is 15.4. The van der Waals surface area contributed by atoms with Crippen LogP contribution in [0.4, 0.5) is 5.69 Å². The summed E-state index contributed by atoms with van der Waals surface area (Å²) in [6.45, 7) is 0.303. The van der Waals surface area contributed by atoms with Gasteiger partial charge in [0.05, 0.1) is 23.7 Å². The summed E-state index contributed by atoms with van der Waals surface area (Å²) >= 11 is 6.04. The molecule has 27 heavy (non-hydrogen) atoms. The van der Waals surface area contributed by atoms with Gasteiger partial charge in [0.25, 0.3) is 5.91 Å². The monoisotopic (exact) mass is 378 g/mol. The standard InChI is InChI=1S/C22H19ClN2O2/c23-20-14-8-7-13-19(20)22(27)24-15-21(26)25(18-11-5-2-6-12-18)16-17-9-3-1-4-10-17/h1-14H,15-16H2,(H,24,27). The van der Waals surface area contributed by atoms with Crippen molar-refractivity contribution in [1.29, 1.82) is 0 Å². The zero-order valence-electron chi connectivity index (χ0n) is 14.6. The minimum atomic E-state index is -0.373. The van der Waals surface area contributed by atoms with Crippen LogP contribution in [0, 0.1) is 0 Å². The highest BCUT2D eigenvalue weighted by Crippen LogP contribution is 2.18. The van der Waals surface area contributed by atoms with Crippen LogP contribution in [-0.4, -0.2) is 18.4 Å². The highest BCUT2D eigenvalue weighted by molar-refractivity contribution is 6.33. The molecule has 3 aromatic rings. The van der Waals surface area contributed by atoms with Gasteiger partial charge in [-0.15, -0.1) is 0 Å². The second kappa shape index (κ2) is 9.01. The van der Waals surface area contributed by atoms with Gasteiger partial charge in [0.2, 0.25) is 5.91 Å². The van der Waals surface area contributed by atoms with E-state index in [0.29, 0.717) is 17.1 Å². The second-order valence-corrected chi connectivity index (χ2v) is 6.37. The van der Waals surface area contributed by atoms with Gasteiger partial charge in [-0.3, -0.25) is 9.59 Å². The number of anilines is 1. The molecular weight excluding hydrogens is 360 g/mol. The van der Waals surface area contributed by atoms with Crippen LogP contribution < -0.4 is 10.2 Å². The van der Waals surface area contributed by atoms with E-state index in [0.717, 1.165) is 11.3 Å². The molecule has 0 fully saturated rings. The summed E-state index contributed by atoms with van der Waals surface area (Å²) in [7, 11) is 0. The van der Waals surface area contributed by atoms with Crippen LogP contribution in [0.2, 0.25) is 5.02 Å². The smallest absolute Gasteiger partial charge is 0.253 e. The zero-order chi connectivity index (χ0) is 19.1. The Morgan fingerprint density at radius 3 is 2.07 bits per heavy atom. The molecule has 0 saturated carbocycles. The molecule has 3 aromatic carbocycles. The number of amides is 2. The van der Waals surface area contributed by atoms with Gasteiger partial charge in [0.15, 0.2) is 0 Å². The van der Waals surface area contributed by atoms with Crippen molar-refractivity contribution in [2.45, 2.75) is 6.54 Å². The number of carbonyl (C=O) groups is 2. The predicted molar refractivity (Wildman–Crippen MR) is 108 cm³/mol. The Labute approximate surface area is 163 Å². The van der Waals surface area contributed by atoms with E-state index in [-0.39, 0.29) is 18.4 Å². The second-order valence-electron chi connectivity index (χ2n) is 5.96. The van der Waals surface area contributed by atoms with Crippen LogP contribution in [0.5, 0.6) is 0 Å². The topological polar surface area (TPSA) is 49.4 Å². The summed E-state index contributed by atoms with van der Waals surface area (Å²) in [5.41, 5.74) is 2.13. The molecule has 0 unspecified atom stereocenters. The molecule has 0 bridgehead atoms. The van der Waals surface area contributed by atoms with E-state index in [4.69, 9.17) is 11.6 Å². The van der Waals surface area contributed by atoms with Gasteiger partial charge in [-0.05, 0) is 29.8 Å². The Morgan fingerprint density at radius 1 is 0.815 bits per heavy atom. The summed E-state index contributed by atoms with van der Waals surface area (Å²) in [5, 5.41) is 3.01. The molecule has 0 aliphatic carbocycles. The maximum atomic E-state index is 12.8. The maximum Gasteiger partial charge on any atom is 0.253 e. The Balaban J connectivity index is 1.73. The van der Waals surface area contributed by atoms with Crippen molar-refractivity contribution >= 4 is 29.1 Å². The molecule has 0 atom stereocenters. The number of halogens is 1. The fraction of sp³-hybridized carbons (Fsp3) is 0.0909. The Kier molecular flexibility index (Phi) is 6.23. The summed E-state index contributed by atoms with van der Waals surface area (Å²) in [5.74, 6) is -0.577. The molecular formula is C22H19ClN2O2. The summed E-state index contributed by atoms with van der Waals surface area (Å²) < 4.78 is 0. The Bertz CT molecular complexity index is 914. The van der Waals surface area contributed by atoms with Crippen molar-refractivity contribution in [2.24, 2.45) is 0 Å². The van der Waals surface area contributed by atoms with Crippen LogP contribution in [0.25, 0.3) is 0 Å². The first-order chi connectivity index (χ1) is 13.1. The van der Waals surface area contributed by atoms with Gasteiger partial charge < -0.3 is 10.2 Å². The third-order valence-corrected chi connectivity index (χ3v) is 4.40. The normalized spacial score (nSPS) is 10.3. The lowest BCUT2D eigenvalue weighted by Crippen LogP contribution is -2.40. The first-order valence-corrected chi connectivity index (χ1v) is 8.95. The Hall–Kier alpha value is -3.11. The fourth-order valence-electron chi connectivity index (χ4n) is 2.69. The van der Waals surface area contributed by atoms with Crippen LogP contribution in [-0.2, 0) is 11.3 Å². The maximum absolute atomic E-state index is 12.8. The lowest BCUT2D eigenvalue weighted by atomic mass is 10.2. The van der Waals surface area contributed by atoms with E-state index >= 15 is 0 Å². The van der Waals surface area contributed by atoms with Gasteiger partial charge in [-0.1, -0.05) is 72.3 Å². The lowest BCUT2D eigenvalue weighted by Gasteiger charge is -2.23. The molecule has 0 spiro atoms. The number of benzene rings is 3. The molecule has 0 radical (unpaired) electrons. The minimum Gasteiger partial charge on any atom is -0.343 e. The highest BCUT2D eigenvalue weighted by atomic mass is 35.5. The Morgan fingerprint density at radius 2 is 1.41 bits per heavy atom. The van der Waals surface area contributed by atoms with Gasteiger partial charge in [0, 0.05) is 5.69 Å². The molecule has 136 valence electrons. The van der Waals surface area contributed by atoms with E-state index in [1.165, 1.54) is 0 Å². The van der Waals surface area contributed by atoms with Crippen LogP contribution in [0.1, 0.15) is 15.9 Å². The molecule has 0 aliphatic rings. The van der Waals surface area contributed by atoms with Crippen molar-refractivity contribution < 1.29 is 9.59 Å². The molecule has 0 saturated heterocycles. The van der Waals surface area contributed by atoms with Gasteiger partial charge in [-0.2, -0.15) is 0 Å². The average molecular weight is 379 g/mol. The largest absolute Gasteiger partial charge is 0.343 e. The van der Waals surface area contributed by atoms with Crippen molar-refractivity contribution in [3.05, 3.63) is 101 Å². The number of rotatable bonds is 6. The van der Waals surface area contributed by atoms with Crippen molar-refractivity contribution in [3.8, 4) is 0 Å². The number of hydrogen-bond donors (Lipinski definition) is 1. The number of carbonyl (C=O) groups excluding carboxylic acids is 2. The van der Waals surface area contributed by atoms with Crippen LogP contribution >= 0.6 is 11.6 Å². The van der Waals surface area contributed by atoms with Crippen molar-refractivity contribution in [2.75, 3.05) is 11.4 Å². The summed E-state index contributed by atoms with van der Waals surface area (Å²) in [6, 6.07) is 25.9. The highest BCUT2D eigenvalue weighted by Gasteiger charge is 2.18. The third-order valence-electron chi connectivity index (χ3n) is 4.07. The molecule has 1 N–H and O–H groups in total. The number of hydrogen-bond acceptors (Lipinski definition) is 2. The molecule has 0 aliphatic heterocycles. The molecule has 0 aromatic heterocycles. The first-order valence-electron chi connectivity index (χ1n) is 8.57. The van der Waals surface area contributed by atoms with E-state index in [2.05, 4.69) is 5.32 Å². The van der Waals surface area contributed by atoms with Crippen molar-refractivity contribution in [1.82, 2.24) is 5.32 Å². The lowest BCUT2D eigenvalue weighted by molar-refractivity contribution is -0.117. The molecule has 5 heteroatoms. The number of nitrogens with zero attached hydrogens (tertiary/aromatic N) is 1. The summed E-state index contributed by atoms with van der Waals surface area (Å²) in [6.07, 6.45) is 0. The number of para-hydroxylation sites is 1. The molecule has 4 nitrogen and oxygen atoms in total. The van der Waals surface area contributed by atoms with Crippen molar-refractivity contribution in [3.63, 3.8) is 0 Å². The van der Waals surface area contributed by atoms with E-state index in [9.17, 15) is 9.59 Å². The van der Waals surface area contributed by atoms with E-state index in [1.807, 2.05) is 60.7 Å². The van der Waals surface area contributed by atoms with Gasteiger partial charge in [0.1, 0.15) is 0 Å². The minimum absolute atomic E-state index is 0.119. The number of nitrogens with one attached hydrogen (secondary N) is 1. The third kappa shape index (κ3) is 4.96. The fourth-order valence-corrected chi connectivity index (χ4v) is 2.91. The van der Waals surface area contributed by atoms with E-state index < -0.39 is 0 Å². The van der Waals surface area contributed by atoms with Crippen LogP contribution in [0.15, 0.2) is 84.9 Å². The molecule has 3 rings (SSSR count).